The summed E-state index contributed by atoms with van der Waals surface area (Å²) in [6.45, 7) is 2.22. The van der Waals surface area contributed by atoms with Crippen LogP contribution in [0.4, 0.5) is 4.39 Å². The summed E-state index contributed by atoms with van der Waals surface area (Å²) in [7, 11) is 0. The third-order valence-electron chi connectivity index (χ3n) is 4.07. The van der Waals surface area contributed by atoms with Crippen molar-refractivity contribution in [2.24, 2.45) is 0 Å². The van der Waals surface area contributed by atoms with E-state index in [1.807, 2.05) is 0 Å². The normalized spacial score (nSPS) is 14.2. The molecule has 2 aromatic carbocycles. The fraction of sp³-hybridized carbons (Fsp3) is 0.263. The van der Waals surface area contributed by atoms with E-state index in [4.69, 9.17) is 4.74 Å². The molecule has 6 heteroatoms. The van der Waals surface area contributed by atoms with Crippen LogP contribution in [0.2, 0.25) is 0 Å². The summed E-state index contributed by atoms with van der Waals surface area (Å²) >= 11 is 0. The molecule has 130 valence electrons. The van der Waals surface area contributed by atoms with Gasteiger partial charge in [0.1, 0.15) is 5.82 Å². The van der Waals surface area contributed by atoms with Gasteiger partial charge in [0.05, 0.1) is 13.2 Å². The fourth-order valence-electron chi connectivity index (χ4n) is 2.66. The van der Waals surface area contributed by atoms with Gasteiger partial charge in [-0.25, -0.2) is 4.39 Å². The Kier molecular flexibility index (Phi) is 5.40. The number of nitrogens with zero attached hydrogens (tertiary/aromatic N) is 1. The van der Waals surface area contributed by atoms with Crippen molar-refractivity contribution >= 4 is 11.8 Å². The van der Waals surface area contributed by atoms with Gasteiger partial charge in [-0.15, -0.1) is 0 Å². The molecule has 1 fully saturated rings. The van der Waals surface area contributed by atoms with Gasteiger partial charge in [0.15, 0.2) is 0 Å². The third-order valence-corrected chi connectivity index (χ3v) is 4.07. The smallest absolute Gasteiger partial charge is 0.254 e. The van der Waals surface area contributed by atoms with Crippen LogP contribution in [-0.2, 0) is 11.3 Å². The van der Waals surface area contributed by atoms with E-state index in [9.17, 15) is 14.0 Å². The second-order valence-corrected chi connectivity index (χ2v) is 5.76. The maximum Gasteiger partial charge on any atom is 0.254 e. The minimum absolute atomic E-state index is 0.0904. The van der Waals surface area contributed by atoms with Crippen molar-refractivity contribution in [2.75, 3.05) is 26.3 Å². The highest BCUT2D eigenvalue weighted by molar-refractivity contribution is 5.99. The lowest BCUT2D eigenvalue weighted by Crippen LogP contribution is -2.40. The number of nitrogens with one attached hydrogen (secondary N) is 1. The van der Waals surface area contributed by atoms with E-state index in [1.54, 1.807) is 47.4 Å². The first-order valence-corrected chi connectivity index (χ1v) is 8.14. The molecule has 1 aliphatic rings. The number of hydrogen-bond acceptors (Lipinski definition) is 3. The number of morpholine rings is 1. The molecule has 1 N–H and O–H groups in total. The fourth-order valence-corrected chi connectivity index (χ4v) is 2.66. The van der Waals surface area contributed by atoms with Gasteiger partial charge in [-0.3, -0.25) is 9.59 Å². The molecule has 1 aliphatic heterocycles. The van der Waals surface area contributed by atoms with Gasteiger partial charge in [-0.1, -0.05) is 24.3 Å². The Morgan fingerprint density at radius 3 is 2.52 bits per heavy atom. The summed E-state index contributed by atoms with van der Waals surface area (Å²) in [5.41, 5.74) is 1.24. The highest BCUT2D eigenvalue weighted by atomic mass is 19.1. The maximum atomic E-state index is 13.6. The van der Waals surface area contributed by atoms with E-state index in [0.717, 1.165) is 0 Å². The summed E-state index contributed by atoms with van der Waals surface area (Å²) in [6, 6.07) is 12.8. The number of ether oxygens (including phenoxy) is 1. The van der Waals surface area contributed by atoms with Crippen LogP contribution in [0.1, 0.15) is 26.3 Å². The van der Waals surface area contributed by atoms with Crippen molar-refractivity contribution in [3.8, 4) is 0 Å². The SMILES string of the molecule is O=C(NCc1ccccc1F)c1cccc(C(=O)N2CCOCC2)c1. The summed E-state index contributed by atoms with van der Waals surface area (Å²) in [5.74, 6) is -0.828. The van der Waals surface area contributed by atoms with Crippen molar-refractivity contribution < 1.29 is 18.7 Å². The first-order chi connectivity index (χ1) is 12.1. The molecule has 0 aliphatic carbocycles. The van der Waals surface area contributed by atoms with Crippen molar-refractivity contribution in [3.05, 3.63) is 71.0 Å². The van der Waals surface area contributed by atoms with Gasteiger partial charge >= 0.3 is 0 Å². The number of carbonyl (C=O) groups excluding carboxylic acids is 2. The van der Waals surface area contributed by atoms with Gasteiger partial charge in [0.2, 0.25) is 0 Å². The van der Waals surface area contributed by atoms with Crippen LogP contribution in [0.5, 0.6) is 0 Å². The Morgan fingerprint density at radius 1 is 1.04 bits per heavy atom. The largest absolute Gasteiger partial charge is 0.378 e. The van der Waals surface area contributed by atoms with Gasteiger partial charge in [0.25, 0.3) is 11.8 Å². The summed E-state index contributed by atoms with van der Waals surface area (Å²) in [4.78, 5) is 26.5. The molecule has 1 saturated heterocycles. The van der Waals surface area contributed by atoms with E-state index in [-0.39, 0.29) is 24.2 Å². The minimum atomic E-state index is -0.362. The van der Waals surface area contributed by atoms with Crippen molar-refractivity contribution in [1.82, 2.24) is 10.2 Å². The number of benzene rings is 2. The number of halogens is 1. The zero-order valence-electron chi connectivity index (χ0n) is 13.7. The van der Waals surface area contributed by atoms with E-state index in [2.05, 4.69) is 5.32 Å². The Labute approximate surface area is 145 Å². The van der Waals surface area contributed by atoms with Crippen LogP contribution in [0.25, 0.3) is 0 Å². The molecule has 3 rings (SSSR count). The average molecular weight is 342 g/mol. The van der Waals surface area contributed by atoms with Gasteiger partial charge in [-0.2, -0.15) is 0 Å². The van der Waals surface area contributed by atoms with Gasteiger partial charge in [-0.05, 0) is 24.3 Å². The molecule has 0 spiro atoms. The minimum Gasteiger partial charge on any atom is -0.378 e. The molecule has 25 heavy (non-hydrogen) atoms. The molecular formula is C19H19FN2O3. The van der Waals surface area contributed by atoms with Crippen LogP contribution in [0.3, 0.4) is 0 Å². The van der Waals surface area contributed by atoms with Crippen LogP contribution < -0.4 is 5.32 Å². The first-order valence-electron chi connectivity index (χ1n) is 8.14. The Balaban J connectivity index is 1.67. The topological polar surface area (TPSA) is 58.6 Å². The molecule has 5 nitrogen and oxygen atoms in total. The molecule has 1 heterocycles. The predicted octanol–water partition coefficient (Wildman–Crippen LogP) is 2.23. The number of rotatable bonds is 4. The predicted molar refractivity (Wildman–Crippen MR) is 90.7 cm³/mol. The highest BCUT2D eigenvalue weighted by Crippen LogP contribution is 2.11. The lowest BCUT2D eigenvalue weighted by molar-refractivity contribution is 0.0303. The number of amides is 2. The van der Waals surface area contributed by atoms with Crippen LogP contribution in [0, 0.1) is 5.82 Å². The number of hydrogen-bond donors (Lipinski definition) is 1. The van der Waals surface area contributed by atoms with Crippen molar-refractivity contribution in [2.45, 2.75) is 6.54 Å². The van der Waals surface area contributed by atoms with E-state index in [1.165, 1.54) is 6.07 Å². The van der Waals surface area contributed by atoms with E-state index >= 15 is 0 Å². The van der Waals surface area contributed by atoms with Crippen LogP contribution in [0.15, 0.2) is 48.5 Å². The molecule has 2 aromatic rings. The van der Waals surface area contributed by atoms with Crippen LogP contribution in [-0.4, -0.2) is 43.0 Å². The highest BCUT2D eigenvalue weighted by Gasteiger charge is 2.19. The summed E-state index contributed by atoms with van der Waals surface area (Å²) in [5, 5.41) is 2.68. The standard InChI is InChI=1S/C19H19FN2O3/c20-17-7-2-1-4-16(17)13-21-18(23)14-5-3-6-15(12-14)19(24)22-8-10-25-11-9-22/h1-7,12H,8-11,13H2,(H,21,23). The molecule has 0 unspecified atom stereocenters. The lowest BCUT2D eigenvalue weighted by atomic mass is 10.1. The van der Waals surface area contributed by atoms with Crippen molar-refractivity contribution in [1.29, 1.82) is 0 Å². The van der Waals surface area contributed by atoms with Crippen LogP contribution >= 0.6 is 0 Å². The van der Waals surface area contributed by atoms with E-state index < -0.39 is 0 Å². The molecule has 2 amide bonds. The number of carbonyl (C=O) groups is 2. The average Bonchev–Trinajstić information content (AvgIpc) is 2.67. The first kappa shape index (κ1) is 17.1. The Morgan fingerprint density at radius 2 is 1.76 bits per heavy atom. The van der Waals surface area contributed by atoms with Gasteiger partial charge < -0.3 is 15.0 Å². The molecular weight excluding hydrogens is 323 g/mol. The molecule has 0 bridgehead atoms. The second-order valence-electron chi connectivity index (χ2n) is 5.76. The molecule has 0 saturated carbocycles. The quantitative estimate of drug-likeness (QED) is 0.927. The Bertz CT molecular complexity index is 773. The molecule has 0 atom stereocenters. The second kappa shape index (κ2) is 7.90. The summed E-state index contributed by atoms with van der Waals surface area (Å²) < 4.78 is 18.8. The van der Waals surface area contributed by atoms with E-state index in [0.29, 0.717) is 43.0 Å². The monoisotopic (exact) mass is 342 g/mol. The molecule has 0 aromatic heterocycles. The lowest BCUT2D eigenvalue weighted by Gasteiger charge is -2.27. The molecule has 0 radical (unpaired) electrons. The maximum absolute atomic E-state index is 13.6. The summed E-state index contributed by atoms with van der Waals surface area (Å²) in [6.07, 6.45) is 0. The third kappa shape index (κ3) is 4.22. The van der Waals surface area contributed by atoms with Gasteiger partial charge in [0, 0.05) is 36.3 Å². The zero-order chi connectivity index (χ0) is 17.6. The van der Waals surface area contributed by atoms with Crippen molar-refractivity contribution in [3.63, 3.8) is 0 Å². The zero-order valence-corrected chi connectivity index (χ0v) is 13.7. The Hall–Kier alpha value is -2.73.